The number of methoxy groups -OCH3 is 2. The molecule has 2 amide bonds. The number of benzene rings is 2. The van der Waals surface area contributed by atoms with Gasteiger partial charge in [-0.05, 0) is 42.3 Å². The molecule has 0 saturated carbocycles. The maximum Gasteiger partial charge on any atom is 0.255 e. The monoisotopic (exact) mass is 340 g/mol. The van der Waals surface area contributed by atoms with Gasteiger partial charge in [0.1, 0.15) is 11.5 Å². The molecule has 1 heterocycles. The third-order valence-corrected chi connectivity index (χ3v) is 4.23. The van der Waals surface area contributed by atoms with Crippen molar-refractivity contribution < 1.29 is 19.1 Å². The van der Waals surface area contributed by atoms with Gasteiger partial charge in [-0.15, -0.1) is 0 Å². The molecular weight excluding hydrogens is 320 g/mol. The Kier molecular flexibility index (Phi) is 4.61. The Morgan fingerprint density at radius 1 is 1.04 bits per heavy atom. The van der Waals surface area contributed by atoms with Crippen molar-refractivity contribution in [3.8, 4) is 11.5 Å². The zero-order valence-electron chi connectivity index (χ0n) is 14.5. The molecule has 2 aromatic carbocycles. The van der Waals surface area contributed by atoms with Gasteiger partial charge in [0, 0.05) is 36.5 Å². The lowest BCUT2D eigenvalue weighted by molar-refractivity contribution is -0.116. The van der Waals surface area contributed by atoms with Gasteiger partial charge in [-0.1, -0.05) is 0 Å². The van der Waals surface area contributed by atoms with Crippen LogP contribution in [0.1, 0.15) is 22.8 Å². The number of carbonyl (C=O) groups excluding carboxylic acids is 2. The van der Waals surface area contributed by atoms with Gasteiger partial charge in [-0.2, -0.15) is 0 Å². The number of ether oxygens (including phenoxy) is 2. The maximum atomic E-state index is 12.5. The van der Waals surface area contributed by atoms with Crippen molar-refractivity contribution in [3.05, 3.63) is 47.5 Å². The van der Waals surface area contributed by atoms with Gasteiger partial charge in [0.25, 0.3) is 5.91 Å². The standard InChI is InChI=1S/C19H20N2O4/c1-12(22)21-7-6-13-8-15(4-5-18(13)21)20-19(23)14-9-16(24-2)11-17(10-14)25-3/h4-5,8-11H,6-7H2,1-3H3,(H,20,23). The summed E-state index contributed by atoms with van der Waals surface area (Å²) in [5.41, 5.74) is 3.10. The largest absolute Gasteiger partial charge is 0.497 e. The highest BCUT2D eigenvalue weighted by atomic mass is 16.5. The second kappa shape index (κ2) is 6.84. The van der Waals surface area contributed by atoms with Gasteiger partial charge in [-0.25, -0.2) is 0 Å². The summed E-state index contributed by atoms with van der Waals surface area (Å²) in [7, 11) is 3.08. The van der Waals surface area contributed by atoms with E-state index in [0.29, 0.717) is 29.3 Å². The van der Waals surface area contributed by atoms with Gasteiger partial charge in [0.2, 0.25) is 5.91 Å². The Hall–Kier alpha value is -3.02. The molecule has 0 atom stereocenters. The Morgan fingerprint density at radius 3 is 2.32 bits per heavy atom. The van der Waals surface area contributed by atoms with Crippen LogP contribution in [0.3, 0.4) is 0 Å². The lowest BCUT2D eigenvalue weighted by atomic mass is 10.1. The van der Waals surface area contributed by atoms with Crippen molar-refractivity contribution >= 4 is 23.2 Å². The van der Waals surface area contributed by atoms with Crippen molar-refractivity contribution in [2.45, 2.75) is 13.3 Å². The zero-order valence-corrected chi connectivity index (χ0v) is 14.5. The van der Waals surface area contributed by atoms with Gasteiger partial charge in [-0.3, -0.25) is 9.59 Å². The SMILES string of the molecule is COc1cc(OC)cc(C(=O)Nc2ccc3c(c2)CCN3C(C)=O)c1. The molecular formula is C19H20N2O4. The predicted molar refractivity (Wildman–Crippen MR) is 95.7 cm³/mol. The van der Waals surface area contributed by atoms with E-state index in [4.69, 9.17) is 9.47 Å². The molecule has 0 unspecified atom stereocenters. The Morgan fingerprint density at radius 2 is 1.72 bits per heavy atom. The number of nitrogens with zero attached hydrogens (tertiary/aromatic N) is 1. The van der Waals surface area contributed by atoms with E-state index in [1.807, 2.05) is 12.1 Å². The summed E-state index contributed by atoms with van der Waals surface area (Å²) in [4.78, 5) is 25.9. The third kappa shape index (κ3) is 3.42. The summed E-state index contributed by atoms with van der Waals surface area (Å²) >= 11 is 0. The predicted octanol–water partition coefficient (Wildman–Crippen LogP) is 2.87. The molecule has 0 radical (unpaired) electrons. The molecule has 6 nitrogen and oxygen atoms in total. The van der Waals surface area contributed by atoms with Crippen LogP contribution in [0.4, 0.5) is 11.4 Å². The molecule has 0 aliphatic carbocycles. The molecule has 1 aliphatic rings. The van der Waals surface area contributed by atoms with Crippen LogP contribution >= 0.6 is 0 Å². The second-order valence-corrected chi connectivity index (χ2v) is 5.82. The summed E-state index contributed by atoms with van der Waals surface area (Å²) in [6, 6.07) is 10.6. The van der Waals surface area contributed by atoms with Crippen LogP contribution in [0.25, 0.3) is 0 Å². The van der Waals surface area contributed by atoms with Crippen molar-refractivity contribution in [1.29, 1.82) is 0 Å². The molecule has 1 N–H and O–H groups in total. The van der Waals surface area contributed by atoms with E-state index in [2.05, 4.69) is 5.32 Å². The fourth-order valence-corrected chi connectivity index (χ4v) is 2.95. The third-order valence-electron chi connectivity index (χ3n) is 4.23. The zero-order chi connectivity index (χ0) is 18.0. The molecule has 0 fully saturated rings. The van der Waals surface area contributed by atoms with E-state index in [9.17, 15) is 9.59 Å². The number of rotatable bonds is 4. The lowest BCUT2D eigenvalue weighted by Crippen LogP contribution is -2.25. The highest BCUT2D eigenvalue weighted by Gasteiger charge is 2.22. The number of hydrogen-bond acceptors (Lipinski definition) is 4. The molecule has 6 heteroatoms. The van der Waals surface area contributed by atoms with Gasteiger partial charge in [0.15, 0.2) is 0 Å². The first-order valence-electron chi connectivity index (χ1n) is 7.97. The summed E-state index contributed by atoms with van der Waals surface area (Å²) in [6.45, 7) is 2.23. The quantitative estimate of drug-likeness (QED) is 0.929. The van der Waals surface area contributed by atoms with E-state index in [0.717, 1.165) is 17.7 Å². The molecule has 1 aliphatic heterocycles. The minimum absolute atomic E-state index is 0.0269. The van der Waals surface area contributed by atoms with Crippen molar-refractivity contribution in [2.75, 3.05) is 31.0 Å². The summed E-state index contributed by atoms with van der Waals surface area (Å²) < 4.78 is 10.4. The fraction of sp³-hybridized carbons (Fsp3) is 0.263. The lowest BCUT2D eigenvalue weighted by Gasteiger charge is -2.15. The molecule has 0 aromatic heterocycles. The van der Waals surface area contributed by atoms with Crippen LogP contribution in [0.5, 0.6) is 11.5 Å². The van der Waals surface area contributed by atoms with E-state index in [1.54, 1.807) is 36.1 Å². The first kappa shape index (κ1) is 16.8. The summed E-state index contributed by atoms with van der Waals surface area (Å²) in [6.07, 6.45) is 0.783. The van der Waals surface area contributed by atoms with Gasteiger partial charge >= 0.3 is 0 Å². The van der Waals surface area contributed by atoms with Crippen LogP contribution < -0.4 is 19.7 Å². The van der Waals surface area contributed by atoms with Crippen molar-refractivity contribution in [2.24, 2.45) is 0 Å². The van der Waals surface area contributed by atoms with Crippen molar-refractivity contribution in [1.82, 2.24) is 0 Å². The summed E-state index contributed by atoms with van der Waals surface area (Å²) in [5.74, 6) is 0.878. The van der Waals surface area contributed by atoms with Gasteiger partial charge in [0.05, 0.1) is 14.2 Å². The molecule has 130 valence electrons. The van der Waals surface area contributed by atoms with Crippen LogP contribution in [0, 0.1) is 0 Å². The topological polar surface area (TPSA) is 67.9 Å². The average molecular weight is 340 g/mol. The Balaban J connectivity index is 1.81. The number of carbonyl (C=O) groups is 2. The minimum atomic E-state index is -0.251. The average Bonchev–Trinajstić information content (AvgIpc) is 3.04. The molecule has 0 saturated heterocycles. The maximum absolute atomic E-state index is 12.5. The fourth-order valence-electron chi connectivity index (χ4n) is 2.95. The minimum Gasteiger partial charge on any atom is -0.497 e. The van der Waals surface area contributed by atoms with E-state index >= 15 is 0 Å². The first-order chi connectivity index (χ1) is 12.0. The molecule has 2 aromatic rings. The Labute approximate surface area is 146 Å². The van der Waals surface area contributed by atoms with Crippen LogP contribution in [-0.4, -0.2) is 32.6 Å². The number of anilines is 2. The first-order valence-corrected chi connectivity index (χ1v) is 7.97. The van der Waals surface area contributed by atoms with E-state index in [-0.39, 0.29) is 11.8 Å². The number of nitrogens with one attached hydrogen (secondary N) is 1. The normalized spacial score (nSPS) is 12.5. The molecule has 0 spiro atoms. The highest BCUT2D eigenvalue weighted by Crippen LogP contribution is 2.31. The second-order valence-electron chi connectivity index (χ2n) is 5.82. The van der Waals surface area contributed by atoms with Crippen LogP contribution in [0.15, 0.2) is 36.4 Å². The number of hydrogen-bond donors (Lipinski definition) is 1. The molecule has 3 rings (SSSR count). The Bertz CT molecular complexity index is 810. The van der Waals surface area contributed by atoms with Crippen molar-refractivity contribution in [3.63, 3.8) is 0 Å². The molecule has 0 bridgehead atoms. The number of amides is 2. The number of fused-ring (bicyclic) bond motifs is 1. The van der Waals surface area contributed by atoms with Crippen LogP contribution in [-0.2, 0) is 11.2 Å². The van der Waals surface area contributed by atoms with E-state index in [1.165, 1.54) is 14.2 Å². The highest BCUT2D eigenvalue weighted by molar-refractivity contribution is 6.05. The van der Waals surface area contributed by atoms with Gasteiger partial charge < -0.3 is 19.7 Å². The molecule has 25 heavy (non-hydrogen) atoms. The van der Waals surface area contributed by atoms with E-state index < -0.39 is 0 Å². The summed E-state index contributed by atoms with van der Waals surface area (Å²) in [5, 5.41) is 2.88. The smallest absolute Gasteiger partial charge is 0.255 e. The van der Waals surface area contributed by atoms with Crippen LogP contribution in [0.2, 0.25) is 0 Å².